The minimum Gasteiger partial charge on any atom is -0.458 e. The fourth-order valence-electron chi connectivity index (χ4n) is 10.2. The van der Waals surface area contributed by atoms with Gasteiger partial charge in [0.25, 0.3) is 11.9 Å². The Morgan fingerprint density at radius 1 is 1.10 bits per heavy atom. The van der Waals surface area contributed by atoms with Crippen LogP contribution in [0.15, 0.2) is 22.8 Å². The molecule has 1 amide bonds. The molecule has 232 valence electrons. The van der Waals surface area contributed by atoms with Crippen LogP contribution in [0, 0.1) is 39.9 Å². The highest BCUT2D eigenvalue weighted by atomic mass is 16.5. The van der Waals surface area contributed by atoms with Crippen LogP contribution in [0.4, 0.5) is 5.95 Å². The number of anilines is 1. The van der Waals surface area contributed by atoms with E-state index in [0.29, 0.717) is 37.2 Å². The molecule has 0 spiro atoms. The van der Waals surface area contributed by atoms with Gasteiger partial charge in [-0.15, -0.1) is 5.10 Å². The summed E-state index contributed by atoms with van der Waals surface area (Å²) in [5.41, 5.74) is 1.89. The number of aromatic nitrogens is 4. The van der Waals surface area contributed by atoms with E-state index in [2.05, 4.69) is 59.7 Å². The monoisotopic (exact) mass is 583 g/mol. The third-order valence-electron chi connectivity index (χ3n) is 12.2. The highest BCUT2D eigenvalue weighted by Crippen LogP contribution is 2.74. The Hall–Kier alpha value is -2.59. The zero-order chi connectivity index (χ0) is 30.6. The molecule has 1 heterocycles. The smallest absolute Gasteiger partial charge is 0.303 e. The van der Waals surface area contributed by atoms with Gasteiger partial charge < -0.3 is 14.9 Å². The molecule has 5 rings (SSSR count). The largest absolute Gasteiger partial charge is 0.458 e. The van der Waals surface area contributed by atoms with Gasteiger partial charge in [0.05, 0.1) is 12.2 Å². The molecular weight excluding hydrogens is 534 g/mol. The highest BCUT2D eigenvalue weighted by molar-refractivity contribution is 6.03. The zero-order valence-electron chi connectivity index (χ0n) is 26.2. The number of hydrogen-bond donors (Lipinski definition) is 4. The fourth-order valence-corrected chi connectivity index (χ4v) is 10.2. The summed E-state index contributed by atoms with van der Waals surface area (Å²) in [4.78, 5) is 26.4. The van der Waals surface area contributed by atoms with E-state index in [-0.39, 0.29) is 57.9 Å². The lowest BCUT2D eigenvalue weighted by molar-refractivity contribution is -0.234. The van der Waals surface area contributed by atoms with Gasteiger partial charge in [-0.1, -0.05) is 44.4 Å². The lowest BCUT2D eigenvalue weighted by Crippen LogP contribution is -2.65. The molecule has 10 heteroatoms. The van der Waals surface area contributed by atoms with Crippen LogP contribution >= 0.6 is 0 Å². The molecule has 4 aliphatic carbocycles. The van der Waals surface area contributed by atoms with Crippen LogP contribution in [-0.4, -0.2) is 61.0 Å². The first-order valence-electron chi connectivity index (χ1n) is 15.7. The number of hydrogen-bond acceptors (Lipinski definition) is 8. The molecule has 1 aromatic rings. The second kappa shape index (κ2) is 11.2. The summed E-state index contributed by atoms with van der Waals surface area (Å²) in [6.07, 6.45) is 6.43. The first kappa shape index (κ1) is 30.9. The van der Waals surface area contributed by atoms with Gasteiger partial charge >= 0.3 is 5.97 Å². The lowest BCUT2D eigenvalue weighted by Gasteiger charge is -2.69. The van der Waals surface area contributed by atoms with Crippen LogP contribution in [0.3, 0.4) is 0 Å². The summed E-state index contributed by atoms with van der Waals surface area (Å²) >= 11 is 0. The minimum absolute atomic E-state index is 0.0413. The molecule has 1 aromatic heterocycles. The van der Waals surface area contributed by atoms with Crippen molar-refractivity contribution in [3.8, 4) is 0 Å². The van der Waals surface area contributed by atoms with Crippen LogP contribution in [0.1, 0.15) is 99.8 Å². The number of rotatable bonds is 6. The third-order valence-corrected chi connectivity index (χ3v) is 12.2. The number of nitrogens with zero attached hydrogens (tertiary/aromatic N) is 3. The Morgan fingerprint density at radius 3 is 2.48 bits per heavy atom. The first-order valence-corrected chi connectivity index (χ1v) is 15.7. The van der Waals surface area contributed by atoms with Crippen molar-refractivity contribution in [1.82, 2.24) is 20.6 Å². The maximum absolute atomic E-state index is 13.9. The molecule has 0 aromatic carbocycles. The molecule has 0 aliphatic heterocycles. The molecule has 4 fully saturated rings. The molecule has 42 heavy (non-hydrogen) atoms. The van der Waals surface area contributed by atoms with Crippen molar-refractivity contribution in [1.29, 1.82) is 0 Å². The number of carbonyl (C=O) groups excluding carboxylic acids is 2. The van der Waals surface area contributed by atoms with E-state index < -0.39 is 12.2 Å². The normalized spacial score (nSPS) is 42.1. The number of ether oxygens (including phenoxy) is 1. The van der Waals surface area contributed by atoms with E-state index in [0.717, 1.165) is 36.8 Å². The van der Waals surface area contributed by atoms with Crippen molar-refractivity contribution in [3.63, 3.8) is 0 Å². The van der Waals surface area contributed by atoms with Crippen molar-refractivity contribution in [2.24, 2.45) is 39.9 Å². The maximum atomic E-state index is 13.9. The number of amides is 1. The zero-order valence-corrected chi connectivity index (χ0v) is 26.2. The molecule has 4 N–H and O–H groups in total. The van der Waals surface area contributed by atoms with E-state index in [1.54, 1.807) is 0 Å². The van der Waals surface area contributed by atoms with Crippen molar-refractivity contribution < 1.29 is 24.5 Å². The second-order valence-corrected chi connectivity index (χ2v) is 14.5. The van der Waals surface area contributed by atoms with Gasteiger partial charge in [0.2, 0.25) is 0 Å². The molecule has 0 unspecified atom stereocenters. The summed E-state index contributed by atoms with van der Waals surface area (Å²) < 4.78 is 6.04. The van der Waals surface area contributed by atoms with Gasteiger partial charge in [-0.05, 0) is 116 Å². The predicted octanol–water partition coefficient (Wildman–Crippen LogP) is 4.73. The minimum atomic E-state index is -0.575. The summed E-state index contributed by atoms with van der Waals surface area (Å²) in [6.45, 7) is 14.6. The lowest BCUT2D eigenvalue weighted by atomic mass is 9.36. The van der Waals surface area contributed by atoms with Gasteiger partial charge in [-0.25, -0.2) is 0 Å². The SMILES string of the molecule is CC(=O)O[C@H]1C[C@@]2(C)[C@@H](C[C@@H](O)[C@H]3[C@@]4(C)CC[C@@H](O)[C@@H](C)[C@@H]4CC[C@@]32C)/C1=C(\CCC=C(C)C)C(=O)Nc1nn[nH]n1. The van der Waals surface area contributed by atoms with Gasteiger partial charge in [0, 0.05) is 12.5 Å². The number of carbonyl (C=O) groups is 2. The van der Waals surface area contributed by atoms with Crippen molar-refractivity contribution in [3.05, 3.63) is 22.8 Å². The number of aliphatic hydroxyl groups excluding tert-OH is 2. The van der Waals surface area contributed by atoms with E-state index in [1.165, 1.54) is 6.92 Å². The summed E-state index contributed by atoms with van der Waals surface area (Å²) in [5, 5.41) is 39.4. The number of tetrazole rings is 1. The highest BCUT2D eigenvalue weighted by Gasteiger charge is 2.70. The van der Waals surface area contributed by atoms with E-state index in [4.69, 9.17) is 4.74 Å². The van der Waals surface area contributed by atoms with Crippen LogP contribution < -0.4 is 5.32 Å². The molecule has 10 atom stereocenters. The number of H-pyrrole nitrogens is 1. The van der Waals surface area contributed by atoms with E-state index in [9.17, 15) is 19.8 Å². The average molecular weight is 584 g/mol. The Bertz CT molecular complexity index is 1260. The van der Waals surface area contributed by atoms with Crippen LogP contribution in [-0.2, 0) is 14.3 Å². The molecule has 10 nitrogen and oxygen atoms in total. The predicted molar refractivity (Wildman–Crippen MR) is 158 cm³/mol. The van der Waals surface area contributed by atoms with Gasteiger partial charge in [0.15, 0.2) is 0 Å². The second-order valence-electron chi connectivity index (χ2n) is 14.5. The van der Waals surface area contributed by atoms with Crippen LogP contribution in [0.5, 0.6) is 0 Å². The van der Waals surface area contributed by atoms with E-state index in [1.807, 2.05) is 13.8 Å². The first-order chi connectivity index (χ1) is 19.7. The van der Waals surface area contributed by atoms with Crippen molar-refractivity contribution in [2.45, 2.75) is 118 Å². The van der Waals surface area contributed by atoms with Crippen LogP contribution in [0.2, 0.25) is 0 Å². The Balaban J connectivity index is 1.62. The number of aromatic amines is 1. The number of fused-ring (bicyclic) bond motifs is 5. The molecule has 4 aliphatic rings. The van der Waals surface area contributed by atoms with Gasteiger partial charge in [-0.3, -0.25) is 14.9 Å². The number of aliphatic hydroxyl groups is 2. The summed E-state index contributed by atoms with van der Waals surface area (Å²) in [5.74, 6) is -0.190. The number of allylic oxidation sites excluding steroid dienone is 2. The quantitative estimate of drug-likeness (QED) is 0.213. The van der Waals surface area contributed by atoms with Gasteiger partial charge in [0.1, 0.15) is 6.10 Å². The number of nitrogens with one attached hydrogen (secondary N) is 2. The van der Waals surface area contributed by atoms with Crippen LogP contribution in [0.25, 0.3) is 0 Å². The Kier molecular flexibility index (Phi) is 8.20. The standard InChI is InChI=1S/C32H49N5O5/c1-17(2)9-8-10-20(28(41)33-29-34-36-37-35-29)26-22-15-24(40)27-30(5)13-12-23(39)18(3)21(30)11-14-31(27,6)32(22,7)16-25(26)42-19(4)38/h9,18,21-25,27,39-40H,8,10-16H2,1-7H3,(H2,33,34,35,36,37,41)/b26-20-/t18-,21-,22-,23+,24+,25-,27-,30-,31-,32-/m0/s1. The topological polar surface area (TPSA) is 150 Å². The van der Waals surface area contributed by atoms with Gasteiger partial charge in [-0.2, -0.15) is 5.21 Å². The summed E-state index contributed by atoms with van der Waals surface area (Å²) in [7, 11) is 0. The maximum Gasteiger partial charge on any atom is 0.303 e. The molecule has 0 radical (unpaired) electrons. The van der Waals surface area contributed by atoms with Crippen molar-refractivity contribution >= 4 is 17.8 Å². The Labute approximate surface area is 249 Å². The summed E-state index contributed by atoms with van der Waals surface area (Å²) in [6, 6.07) is 0. The third kappa shape index (κ3) is 4.92. The molecule has 0 bridgehead atoms. The fraction of sp³-hybridized carbons (Fsp3) is 0.781. The molecule has 0 saturated heterocycles. The molecule has 4 saturated carbocycles. The Morgan fingerprint density at radius 2 is 1.83 bits per heavy atom. The molecular formula is C32H49N5O5. The average Bonchev–Trinajstić information content (AvgIpc) is 3.50. The van der Waals surface area contributed by atoms with Crippen molar-refractivity contribution in [2.75, 3.05) is 5.32 Å². The van der Waals surface area contributed by atoms with E-state index >= 15 is 0 Å². The number of esters is 1.